The van der Waals surface area contributed by atoms with E-state index in [1.54, 1.807) is 6.07 Å². The van der Waals surface area contributed by atoms with E-state index in [-0.39, 0.29) is 5.56 Å². The first-order valence-corrected chi connectivity index (χ1v) is 7.40. The van der Waals surface area contributed by atoms with E-state index in [9.17, 15) is 4.79 Å². The van der Waals surface area contributed by atoms with Gasteiger partial charge < -0.3 is 4.98 Å². The average Bonchev–Trinajstić information content (AvgIpc) is 2.42. The molecule has 0 radical (unpaired) electrons. The molecule has 5 heteroatoms. The van der Waals surface area contributed by atoms with Crippen LogP contribution < -0.4 is 5.56 Å². The van der Waals surface area contributed by atoms with Crippen molar-refractivity contribution in [3.63, 3.8) is 0 Å². The molecule has 1 N–H and O–H groups in total. The first-order valence-electron chi connectivity index (χ1n) is 6.22. The van der Waals surface area contributed by atoms with E-state index in [0.29, 0.717) is 10.8 Å². The van der Waals surface area contributed by atoms with Crippen LogP contribution >= 0.6 is 27.5 Å². The average molecular weight is 340 g/mol. The lowest BCUT2D eigenvalue weighted by Crippen LogP contribution is -2.21. The summed E-state index contributed by atoms with van der Waals surface area (Å²) in [5.41, 5.74) is 2.65. The number of nitrogens with one attached hydrogen (secondary N) is 1. The Bertz CT molecular complexity index is 696. The fourth-order valence-electron chi connectivity index (χ4n) is 2.38. The van der Waals surface area contributed by atoms with Crippen molar-refractivity contribution in [2.75, 3.05) is 0 Å². The highest BCUT2D eigenvalue weighted by molar-refractivity contribution is 9.10. The van der Waals surface area contributed by atoms with Crippen LogP contribution in [0.4, 0.5) is 0 Å². The van der Waals surface area contributed by atoms with Crippen LogP contribution in [0.25, 0.3) is 11.4 Å². The summed E-state index contributed by atoms with van der Waals surface area (Å²) in [5.74, 6) is 0.614. The smallest absolute Gasteiger partial charge is 0.254 e. The number of fused-ring (bicyclic) bond motifs is 1. The maximum Gasteiger partial charge on any atom is 0.254 e. The van der Waals surface area contributed by atoms with Gasteiger partial charge in [0.15, 0.2) is 0 Å². The van der Waals surface area contributed by atoms with Crippen LogP contribution in [-0.4, -0.2) is 9.97 Å². The number of H-pyrrole nitrogens is 1. The van der Waals surface area contributed by atoms with Gasteiger partial charge in [0.1, 0.15) is 5.82 Å². The minimum atomic E-state index is -0.00854. The highest BCUT2D eigenvalue weighted by Gasteiger charge is 2.16. The molecule has 0 aliphatic heterocycles. The normalized spacial score (nSPS) is 14.2. The maximum absolute atomic E-state index is 12.1. The summed E-state index contributed by atoms with van der Waals surface area (Å²) in [4.78, 5) is 19.5. The molecule has 1 aliphatic rings. The lowest BCUT2D eigenvalue weighted by atomic mass is 9.97. The largest absolute Gasteiger partial charge is 0.306 e. The molecule has 0 spiro atoms. The molecule has 1 aromatic carbocycles. The third-order valence-corrected chi connectivity index (χ3v) is 4.60. The van der Waals surface area contributed by atoms with Crippen LogP contribution in [0.5, 0.6) is 0 Å². The van der Waals surface area contributed by atoms with Gasteiger partial charge in [-0.25, -0.2) is 4.98 Å². The number of nitrogens with zero attached hydrogens (tertiary/aromatic N) is 1. The lowest BCUT2D eigenvalue weighted by Gasteiger charge is -2.14. The predicted molar refractivity (Wildman–Crippen MR) is 79.6 cm³/mol. The Labute approximate surface area is 124 Å². The second-order valence-electron chi connectivity index (χ2n) is 4.68. The van der Waals surface area contributed by atoms with Gasteiger partial charge in [-0.2, -0.15) is 0 Å². The second-order valence-corrected chi connectivity index (χ2v) is 5.94. The lowest BCUT2D eigenvalue weighted by molar-refractivity contribution is 0.657. The van der Waals surface area contributed by atoms with Crippen LogP contribution in [0, 0.1) is 0 Å². The monoisotopic (exact) mass is 338 g/mol. The number of hydrogen-bond donors (Lipinski definition) is 1. The fraction of sp³-hybridized carbons (Fsp3) is 0.286. The molecule has 0 bridgehead atoms. The summed E-state index contributed by atoms with van der Waals surface area (Å²) < 4.78 is 0.798. The Balaban J connectivity index is 2.12. The first-order chi connectivity index (χ1) is 9.15. The molecule has 3 nitrogen and oxygen atoms in total. The zero-order valence-electron chi connectivity index (χ0n) is 10.2. The second kappa shape index (κ2) is 5.10. The highest BCUT2D eigenvalue weighted by Crippen LogP contribution is 2.27. The van der Waals surface area contributed by atoms with Crippen LogP contribution in [0.3, 0.4) is 0 Å². The first kappa shape index (κ1) is 12.9. The van der Waals surface area contributed by atoms with E-state index >= 15 is 0 Å². The molecule has 0 amide bonds. The van der Waals surface area contributed by atoms with Gasteiger partial charge in [-0.1, -0.05) is 11.6 Å². The number of aromatic amines is 1. The van der Waals surface area contributed by atoms with Gasteiger partial charge >= 0.3 is 0 Å². The molecular formula is C14H12BrClN2O. The molecular weight excluding hydrogens is 328 g/mol. The number of benzene rings is 1. The molecule has 1 aromatic heterocycles. The van der Waals surface area contributed by atoms with Gasteiger partial charge in [0, 0.05) is 15.6 Å². The van der Waals surface area contributed by atoms with Crippen molar-refractivity contribution in [3.8, 4) is 11.4 Å². The quantitative estimate of drug-likeness (QED) is 0.860. The van der Waals surface area contributed by atoms with E-state index in [1.807, 2.05) is 12.1 Å². The van der Waals surface area contributed by atoms with Crippen LogP contribution in [-0.2, 0) is 12.8 Å². The number of halogens is 2. The van der Waals surface area contributed by atoms with Gasteiger partial charge in [-0.3, -0.25) is 4.79 Å². The van der Waals surface area contributed by atoms with E-state index in [4.69, 9.17) is 11.6 Å². The zero-order chi connectivity index (χ0) is 13.4. The minimum absolute atomic E-state index is 0.00854. The summed E-state index contributed by atoms with van der Waals surface area (Å²) in [6, 6.07) is 5.52. The molecule has 1 heterocycles. The molecule has 19 heavy (non-hydrogen) atoms. The Morgan fingerprint density at radius 3 is 2.84 bits per heavy atom. The zero-order valence-corrected chi connectivity index (χ0v) is 12.5. The van der Waals surface area contributed by atoms with Gasteiger partial charge in [-0.15, -0.1) is 0 Å². The van der Waals surface area contributed by atoms with Gasteiger partial charge in [0.25, 0.3) is 5.56 Å². The van der Waals surface area contributed by atoms with Crippen molar-refractivity contribution >= 4 is 27.5 Å². The number of hydrogen-bond acceptors (Lipinski definition) is 2. The van der Waals surface area contributed by atoms with Crippen molar-refractivity contribution in [1.82, 2.24) is 9.97 Å². The summed E-state index contributed by atoms with van der Waals surface area (Å²) in [6.45, 7) is 0. The van der Waals surface area contributed by atoms with E-state index < -0.39 is 0 Å². The van der Waals surface area contributed by atoms with Crippen molar-refractivity contribution < 1.29 is 0 Å². The van der Waals surface area contributed by atoms with Crippen molar-refractivity contribution in [2.45, 2.75) is 25.7 Å². The van der Waals surface area contributed by atoms with Gasteiger partial charge in [0.2, 0.25) is 0 Å². The van der Waals surface area contributed by atoms with E-state index in [1.165, 1.54) is 0 Å². The summed E-state index contributed by atoms with van der Waals surface area (Å²) in [7, 11) is 0. The molecule has 98 valence electrons. The van der Waals surface area contributed by atoms with Crippen molar-refractivity contribution in [2.24, 2.45) is 0 Å². The SMILES string of the molecule is O=c1[nH]c(-c2ccc(Cl)c(Br)c2)nc2c1CCCC2. The predicted octanol–water partition coefficient (Wildman–Crippen LogP) is 3.73. The van der Waals surface area contributed by atoms with Gasteiger partial charge in [-0.05, 0) is 59.8 Å². The van der Waals surface area contributed by atoms with Crippen LogP contribution in [0.15, 0.2) is 27.5 Å². The maximum atomic E-state index is 12.1. The molecule has 0 saturated carbocycles. The van der Waals surface area contributed by atoms with Gasteiger partial charge in [0.05, 0.1) is 10.7 Å². The minimum Gasteiger partial charge on any atom is -0.306 e. The molecule has 0 fully saturated rings. The molecule has 3 rings (SSSR count). The summed E-state index contributed by atoms with van der Waals surface area (Å²) in [6.07, 6.45) is 3.90. The third kappa shape index (κ3) is 2.47. The number of aromatic nitrogens is 2. The molecule has 1 aliphatic carbocycles. The van der Waals surface area contributed by atoms with Crippen LogP contribution in [0.1, 0.15) is 24.1 Å². The highest BCUT2D eigenvalue weighted by atomic mass is 79.9. The van der Waals surface area contributed by atoms with E-state index in [0.717, 1.165) is 47.0 Å². The van der Waals surface area contributed by atoms with Crippen molar-refractivity contribution in [3.05, 3.63) is 49.3 Å². The Kier molecular flexibility index (Phi) is 3.46. The topological polar surface area (TPSA) is 45.8 Å². The standard InChI is InChI=1S/C14H12BrClN2O/c15-10-7-8(5-6-11(10)16)13-17-12-4-2-1-3-9(12)14(19)18-13/h5-7H,1-4H2,(H,17,18,19). The van der Waals surface area contributed by atoms with E-state index in [2.05, 4.69) is 25.9 Å². The molecule has 0 unspecified atom stereocenters. The summed E-state index contributed by atoms with van der Waals surface area (Å²) in [5, 5.41) is 0.643. The fourth-order valence-corrected chi connectivity index (χ4v) is 2.88. The third-order valence-electron chi connectivity index (χ3n) is 3.38. The molecule has 0 atom stereocenters. The van der Waals surface area contributed by atoms with Crippen molar-refractivity contribution in [1.29, 1.82) is 0 Å². The summed E-state index contributed by atoms with van der Waals surface area (Å²) >= 11 is 9.36. The van der Waals surface area contributed by atoms with Crippen LogP contribution in [0.2, 0.25) is 5.02 Å². The number of aryl methyl sites for hydroxylation is 1. The Morgan fingerprint density at radius 2 is 2.05 bits per heavy atom. The Hall–Kier alpha value is -1.13. The molecule has 2 aromatic rings. The molecule has 0 saturated heterocycles. The Morgan fingerprint density at radius 1 is 1.26 bits per heavy atom. The number of rotatable bonds is 1.